The zero-order valence-electron chi connectivity index (χ0n) is 11.6. The van der Waals surface area contributed by atoms with Gasteiger partial charge in [-0.3, -0.25) is 4.79 Å². The lowest BCUT2D eigenvalue weighted by Crippen LogP contribution is -2.49. The predicted octanol–water partition coefficient (Wildman–Crippen LogP) is 0.436. The second kappa shape index (κ2) is 5.78. The second-order valence-corrected chi connectivity index (χ2v) is 4.54. The lowest BCUT2D eigenvalue weighted by molar-refractivity contribution is 0.0714. The van der Waals surface area contributed by atoms with Crippen molar-refractivity contribution in [3.8, 4) is 5.88 Å². The van der Waals surface area contributed by atoms with Gasteiger partial charge < -0.3 is 19.0 Å². The summed E-state index contributed by atoms with van der Waals surface area (Å²) < 4.78 is 10.1. The maximum Gasteiger partial charge on any atom is 0.291 e. The molecule has 8 heteroatoms. The van der Waals surface area contributed by atoms with E-state index in [9.17, 15) is 4.79 Å². The Labute approximate surface area is 121 Å². The predicted molar refractivity (Wildman–Crippen MR) is 73.2 cm³/mol. The molecule has 21 heavy (non-hydrogen) atoms. The highest BCUT2D eigenvalue weighted by atomic mass is 16.5. The van der Waals surface area contributed by atoms with Gasteiger partial charge in [-0.15, -0.1) is 0 Å². The van der Waals surface area contributed by atoms with Crippen LogP contribution in [0.25, 0.3) is 0 Å². The van der Waals surface area contributed by atoms with Gasteiger partial charge in [0, 0.05) is 38.4 Å². The summed E-state index contributed by atoms with van der Waals surface area (Å²) >= 11 is 0. The lowest BCUT2D eigenvalue weighted by Gasteiger charge is -2.34. The van der Waals surface area contributed by atoms with Crippen molar-refractivity contribution in [2.45, 2.75) is 0 Å². The number of anilines is 1. The summed E-state index contributed by atoms with van der Waals surface area (Å²) in [4.78, 5) is 28.2. The zero-order chi connectivity index (χ0) is 14.7. The van der Waals surface area contributed by atoms with Crippen molar-refractivity contribution in [3.63, 3.8) is 0 Å². The fraction of sp³-hybridized carbons (Fsp3) is 0.385. The molecule has 1 aliphatic rings. The molecule has 0 bridgehead atoms. The van der Waals surface area contributed by atoms with Crippen LogP contribution < -0.4 is 9.64 Å². The van der Waals surface area contributed by atoms with Gasteiger partial charge in [-0.25, -0.2) is 9.97 Å². The van der Waals surface area contributed by atoms with Gasteiger partial charge in [-0.1, -0.05) is 0 Å². The molecule has 1 aliphatic heterocycles. The number of hydrogen-bond acceptors (Lipinski definition) is 7. The van der Waals surface area contributed by atoms with Crippen LogP contribution in [-0.4, -0.2) is 59.0 Å². The molecule has 0 radical (unpaired) electrons. The van der Waals surface area contributed by atoms with Gasteiger partial charge in [0.25, 0.3) is 5.91 Å². The first-order chi connectivity index (χ1) is 10.3. The van der Waals surface area contributed by atoms with Crippen molar-refractivity contribution in [1.29, 1.82) is 0 Å². The number of carbonyl (C=O) groups excluding carboxylic acids is 1. The number of rotatable bonds is 3. The van der Waals surface area contributed by atoms with E-state index in [4.69, 9.17) is 9.15 Å². The average Bonchev–Trinajstić information content (AvgIpc) is 3.09. The molecular weight excluding hydrogens is 274 g/mol. The van der Waals surface area contributed by atoms with Crippen molar-refractivity contribution < 1.29 is 13.9 Å². The Morgan fingerprint density at radius 2 is 2.14 bits per heavy atom. The molecule has 0 N–H and O–H groups in total. The van der Waals surface area contributed by atoms with Crippen molar-refractivity contribution >= 4 is 11.9 Å². The summed E-state index contributed by atoms with van der Waals surface area (Å²) in [5.74, 6) is 1.26. The van der Waals surface area contributed by atoms with E-state index in [2.05, 4.69) is 15.0 Å². The smallest absolute Gasteiger partial charge is 0.291 e. The van der Waals surface area contributed by atoms with Crippen LogP contribution in [0, 0.1) is 0 Å². The number of oxazole rings is 1. The quantitative estimate of drug-likeness (QED) is 0.810. The molecule has 0 aliphatic carbocycles. The first kappa shape index (κ1) is 13.3. The molecule has 3 heterocycles. The van der Waals surface area contributed by atoms with E-state index in [1.165, 1.54) is 12.6 Å². The van der Waals surface area contributed by atoms with Crippen LogP contribution in [0.15, 0.2) is 29.3 Å². The first-order valence-electron chi connectivity index (χ1n) is 6.57. The van der Waals surface area contributed by atoms with Gasteiger partial charge in [-0.05, 0) is 0 Å². The third kappa shape index (κ3) is 2.78. The minimum atomic E-state index is -0.140. The maximum absolute atomic E-state index is 12.1. The Morgan fingerprint density at radius 3 is 2.81 bits per heavy atom. The Kier molecular flexibility index (Phi) is 3.67. The average molecular weight is 289 g/mol. The van der Waals surface area contributed by atoms with Gasteiger partial charge in [0.15, 0.2) is 6.39 Å². The zero-order valence-corrected chi connectivity index (χ0v) is 11.6. The van der Waals surface area contributed by atoms with E-state index in [1.54, 1.807) is 24.3 Å². The van der Waals surface area contributed by atoms with E-state index in [0.29, 0.717) is 38.0 Å². The fourth-order valence-electron chi connectivity index (χ4n) is 2.19. The molecule has 0 unspecified atom stereocenters. The number of hydrogen-bond donors (Lipinski definition) is 0. The van der Waals surface area contributed by atoms with Crippen LogP contribution in [0.2, 0.25) is 0 Å². The monoisotopic (exact) mass is 289 g/mol. The standard InChI is InChI=1S/C13H15N5O3/c1-20-11-2-3-15-13(16-11)18-6-4-17(5-7-18)12(19)10-8-14-9-21-10/h2-3,8-9H,4-7H2,1H3. The van der Waals surface area contributed by atoms with Crippen LogP contribution >= 0.6 is 0 Å². The largest absolute Gasteiger partial charge is 0.481 e. The molecule has 0 atom stereocenters. The summed E-state index contributed by atoms with van der Waals surface area (Å²) in [7, 11) is 1.57. The molecule has 2 aromatic heterocycles. The van der Waals surface area contributed by atoms with E-state index >= 15 is 0 Å². The summed E-state index contributed by atoms with van der Waals surface area (Å²) in [5.41, 5.74) is 0. The Bertz CT molecular complexity index is 608. The molecule has 3 rings (SSSR count). The Balaban J connectivity index is 1.63. The number of piperazine rings is 1. The summed E-state index contributed by atoms with van der Waals surface area (Å²) in [6.45, 7) is 2.49. The molecule has 110 valence electrons. The fourth-order valence-corrected chi connectivity index (χ4v) is 2.19. The number of ether oxygens (including phenoxy) is 1. The van der Waals surface area contributed by atoms with E-state index in [0.717, 1.165) is 0 Å². The molecular formula is C13H15N5O3. The van der Waals surface area contributed by atoms with Crippen LogP contribution in [0.3, 0.4) is 0 Å². The van der Waals surface area contributed by atoms with Crippen LogP contribution in [-0.2, 0) is 0 Å². The summed E-state index contributed by atoms with van der Waals surface area (Å²) in [5, 5.41) is 0. The van der Waals surface area contributed by atoms with E-state index in [-0.39, 0.29) is 11.7 Å². The molecule has 0 saturated carbocycles. The molecule has 1 saturated heterocycles. The number of nitrogens with zero attached hydrogens (tertiary/aromatic N) is 5. The summed E-state index contributed by atoms with van der Waals surface area (Å²) in [6.07, 6.45) is 4.35. The maximum atomic E-state index is 12.1. The van der Waals surface area contributed by atoms with Gasteiger partial charge in [-0.2, -0.15) is 4.98 Å². The highest BCUT2D eigenvalue weighted by Crippen LogP contribution is 2.15. The number of amides is 1. The molecule has 0 aromatic carbocycles. The Morgan fingerprint density at radius 1 is 1.33 bits per heavy atom. The van der Waals surface area contributed by atoms with E-state index < -0.39 is 0 Å². The number of aromatic nitrogens is 3. The van der Waals surface area contributed by atoms with Crippen molar-refractivity contribution in [3.05, 3.63) is 30.6 Å². The summed E-state index contributed by atoms with van der Waals surface area (Å²) in [6, 6.07) is 1.70. The third-order valence-electron chi connectivity index (χ3n) is 3.32. The highest BCUT2D eigenvalue weighted by molar-refractivity contribution is 5.91. The second-order valence-electron chi connectivity index (χ2n) is 4.54. The first-order valence-corrected chi connectivity index (χ1v) is 6.57. The van der Waals surface area contributed by atoms with Crippen molar-refractivity contribution in [2.75, 3.05) is 38.2 Å². The minimum Gasteiger partial charge on any atom is -0.481 e. The molecule has 1 amide bonds. The van der Waals surface area contributed by atoms with Crippen molar-refractivity contribution in [2.24, 2.45) is 0 Å². The minimum absolute atomic E-state index is 0.140. The van der Waals surface area contributed by atoms with Crippen molar-refractivity contribution in [1.82, 2.24) is 19.9 Å². The topological polar surface area (TPSA) is 84.6 Å². The van der Waals surface area contributed by atoms with Crippen LogP contribution in [0.5, 0.6) is 5.88 Å². The van der Waals surface area contributed by atoms with E-state index in [1.807, 2.05) is 4.90 Å². The van der Waals surface area contributed by atoms with Gasteiger partial charge in [0.2, 0.25) is 17.6 Å². The number of carbonyl (C=O) groups is 1. The molecule has 8 nitrogen and oxygen atoms in total. The molecule has 1 fully saturated rings. The van der Waals surface area contributed by atoms with Gasteiger partial charge in [0.1, 0.15) is 0 Å². The lowest BCUT2D eigenvalue weighted by atomic mass is 10.3. The molecule has 2 aromatic rings. The Hall–Kier alpha value is -2.64. The number of methoxy groups -OCH3 is 1. The van der Waals surface area contributed by atoms with Crippen LogP contribution in [0.4, 0.5) is 5.95 Å². The SMILES string of the molecule is COc1ccnc(N2CCN(C(=O)c3cnco3)CC2)n1. The molecule has 0 spiro atoms. The van der Waals surface area contributed by atoms with Gasteiger partial charge >= 0.3 is 0 Å². The van der Waals surface area contributed by atoms with Gasteiger partial charge in [0.05, 0.1) is 13.3 Å². The highest BCUT2D eigenvalue weighted by Gasteiger charge is 2.25. The third-order valence-corrected chi connectivity index (χ3v) is 3.32. The van der Waals surface area contributed by atoms with Crippen LogP contribution in [0.1, 0.15) is 10.6 Å². The normalized spacial score (nSPS) is 15.1.